The maximum absolute atomic E-state index is 14.2. The van der Waals surface area contributed by atoms with Crippen molar-refractivity contribution in [3.63, 3.8) is 0 Å². The summed E-state index contributed by atoms with van der Waals surface area (Å²) >= 11 is 0. The standard InChI is InChI=1S/C25H32F3N7O3S/c1-16-22(35-23(30-16)19(29)11-21(32-35)34-7-9-38-10-8-34)31-20-4-2-3-18(25(26,27)28)17(20)12-33-6-5-24(13-33)14-39(36,37)15-24/h2-4,11,16,22,31H,5-10,12-15,29H2,1H3. The maximum Gasteiger partial charge on any atom is 0.416 e. The van der Waals surface area contributed by atoms with Crippen LogP contribution in [0, 0.1) is 5.41 Å². The van der Waals surface area contributed by atoms with Gasteiger partial charge in [-0.1, -0.05) is 6.07 Å². The number of likely N-dealkylation sites (tertiary alicyclic amines) is 1. The van der Waals surface area contributed by atoms with Gasteiger partial charge < -0.3 is 20.7 Å². The molecule has 5 heterocycles. The Kier molecular flexibility index (Phi) is 6.34. The number of sulfone groups is 1. The molecule has 0 saturated carbocycles. The Bertz CT molecular complexity index is 1340. The molecule has 0 radical (unpaired) electrons. The van der Waals surface area contributed by atoms with E-state index in [0.29, 0.717) is 68.9 Å². The normalized spacial score (nSPS) is 28.1. The number of fused-ring (bicyclic) bond motifs is 1. The minimum absolute atomic E-state index is 0.0545. The van der Waals surface area contributed by atoms with Crippen molar-refractivity contribution in [3.05, 3.63) is 41.1 Å². The molecule has 5 aliphatic heterocycles. The fourth-order valence-electron chi connectivity index (χ4n) is 6.28. The van der Waals surface area contributed by atoms with Crippen LogP contribution in [0.4, 0.5) is 18.9 Å². The van der Waals surface area contributed by atoms with Gasteiger partial charge in [0.2, 0.25) is 0 Å². The topological polar surface area (TPSA) is 116 Å². The number of morpholine rings is 1. The van der Waals surface area contributed by atoms with Gasteiger partial charge in [-0.05, 0) is 32.0 Å². The summed E-state index contributed by atoms with van der Waals surface area (Å²) in [6, 6.07) is 3.80. The van der Waals surface area contributed by atoms with Crippen molar-refractivity contribution in [2.24, 2.45) is 21.2 Å². The largest absolute Gasteiger partial charge is 0.416 e. The molecule has 0 aromatic heterocycles. The number of hydrazone groups is 1. The van der Waals surface area contributed by atoms with Crippen LogP contribution in [0.1, 0.15) is 24.5 Å². The van der Waals surface area contributed by atoms with E-state index in [-0.39, 0.29) is 35.1 Å². The molecule has 2 atom stereocenters. The predicted molar refractivity (Wildman–Crippen MR) is 141 cm³/mol. The lowest BCUT2D eigenvalue weighted by molar-refractivity contribution is -0.138. The van der Waals surface area contributed by atoms with E-state index in [0.717, 1.165) is 6.07 Å². The highest BCUT2D eigenvalue weighted by Gasteiger charge is 2.52. The van der Waals surface area contributed by atoms with Gasteiger partial charge in [-0.3, -0.25) is 9.89 Å². The van der Waals surface area contributed by atoms with Gasteiger partial charge in [0.25, 0.3) is 0 Å². The fraction of sp³-hybridized carbons (Fsp3) is 0.600. The quantitative estimate of drug-likeness (QED) is 0.565. The number of aliphatic imine (C=N–C) groups is 1. The Labute approximate surface area is 225 Å². The SMILES string of the molecule is CC1N=C2C(N)=CC(N3CCOCC3)=NN2C1Nc1cccc(C(F)(F)F)c1CN1CCC2(C1)CS(=O)(=O)C2. The number of hydrogen-bond acceptors (Lipinski definition) is 10. The zero-order valence-corrected chi connectivity index (χ0v) is 22.4. The van der Waals surface area contributed by atoms with E-state index in [4.69, 9.17) is 15.6 Å². The van der Waals surface area contributed by atoms with Crippen LogP contribution in [0.3, 0.4) is 0 Å². The van der Waals surface area contributed by atoms with Gasteiger partial charge in [-0.2, -0.15) is 18.3 Å². The van der Waals surface area contributed by atoms with Gasteiger partial charge in [0, 0.05) is 48.9 Å². The molecule has 6 rings (SSSR count). The van der Waals surface area contributed by atoms with Gasteiger partial charge in [0.05, 0.1) is 42.0 Å². The molecule has 0 amide bonds. The number of halogens is 3. The highest BCUT2D eigenvalue weighted by molar-refractivity contribution is 7.92. The third kappa shape index (κ3) is 4.97. The van der Waals surface area contributed by atoms with Crippen LogP contribution in [0.5, 0.6) is 0 Å². The lowest BCUT2D eigenvalue weighted by atomic mass is 9.91. The molecule has 10 nitrogen and oxygen atoms in total. The molecule has 0 bridgehead atoms. The van der Waals surface area contributed by atoms with Gasteiger partial charge in [0.15, 0.2) is 21.5 Å². The van der Waals surface area contributed by atoms with Crippen molar-refractivity contribution in [1.82, 2.24) is 14.8 Å². The number of benzene rings is 1. The minimum Gasteiger partial charge on any atom is -0.396 e. The Morgan fingerprint density at radius 1 is 1.21 bits per heavy atom. The molecule has 2 unspecified atom stereocenters. The minimum atomic E-state index is -4.55. The number of nitrogens with two attached hydrogens (primary N) is 1. The summed E-state index contributed by atoms with van der Waals surface area (Å²) < 4.78 is 71.6. The third-order valence-corrected chi connectivity index (χ3v) is 10.2. The van der Waals surface area contributed by atoms with E-state index in [1.807, 2.05) is 11.8 Å². The first-order chi connectivity index (χ1) is 18.4. The summed E-state index contributed by atoms with van der Waals surface area (Å²) in [4.78, 5) is 8.64. The maximum atomic E-state index is 14.2. The van der Waals surface area contributed by atoms with E-state index in [1.54, 1.807) is 17.2 Å². The molecule has 1 spiro atoms. The Balaban J connectivity index is 1.28. The number of amidine groups is 2. The van der Waals surface area contributed by atoms with Crippen molar-refractivity contribution in [3.8, 4) is 0 Å². The van der Waals surface area contributed by atoms with E-state index in [2.05, 4.69) is 15.2 Å². The van der Waals surface area contributed by atoms with E-state index < -0.39 is 27.7 Å². The molecule has 3 fully saturated rings. The van der Waals surface area contributed by atoms with Crippen LogP contribution in [-0.2, 0) is 27.3 Å². The molecular formula is C25H32F3N7O3S. The average Bonchev–Trinajstić information content (AvgIpc) is 3.40. The number of nitrogens with zero attached hydrogens (tertiary/aromatic N) is 5. The Hall–Kier alpha value is -2.84. The van der Waals surface area contributed by atoms with Crippen LogP contribution in [0.2, 0.25) is 0 Å². The first kappa shape index (κ1) is 26.4. The average molecular weight is 568 g/mol. The second kappa shape index (κ2) is 9.37. The predicted octanol–water partition coefficient (Wildman–Crippen LogP) is 1.67. The number of ether oxygens (including phenoxy) is 1. The summed E-state index contributed by atoms with van der Waals surface area (Å²) in [5.41, 5.74) is 6.21. The van der Waals surface area contributed by atoms with Crippen LogP contribution < -0.4 is 11.1 Å². The van der Waals surface area contributed by atoms with Gasteiger partial charge in [-0.25, -0.2) is 13.4 Å². The van der Waals surface area contributed by atoms with E-state index >= 15 is 0 Å². The number of hydrogen-bond donors (Lipinski definition) is 2. The lowest BCUT2D eigenvalue weighted by Crippen LogP contribution is -2.50. The highest BCUT2D eigenvalue weighted by atomic mass is 32.2. The number of anilines is 1. The van der Waals surface area contributed by atoms with Crippen molar-refractivity contribution in [1.29, 1.82) is 0 Å². The van der Waals surface area contributed by atoms with E-state index in [9.17, 15) is 21.6 Å². The second-order valence-electron chi connectivity index (χ2n) is 11.1. The Morgan fingerprint density at radius 3 is 2.64 bits per heavy atom. The van der Waals surface area contributed by atoms with E-state index in [1.165, 1.54) is 6.07 Å². The van der Waals surface area contributed by atoms with Crippen molar-refractivity contribution >= 4 is 27.2 Å². The zero-order chi connectivity index (χ0) is 27.6. The lowest BCUT2D eigenvalue weighted by Gasteiger charge is -2.37. The van der Waals surface area contributed by atoms with Gasteiger partial charge in [0.1, 0.15) is 6.17 Å². The smallest absolute Gasteiger partial charge is 0.396 e. The molecule has 3 saturated heterocycles. The molecule has 1 aromatic carbocycles. The zero-order valence-electron chi connectivity index (χ0n) is 21.6. The van der Waals surface area contributed by atoms with Gasteiger partial charge in [-0.15, -0.1) is 0 Å². The molecule has 212 valence electrons. The molecule has 1 aromatic rings. The second-order valence-corrected chi connectivity index (χ2v) is 13.2. The highest BCUT2D eigenvalue weighted by Crippen LogP contribution is 2.43. The summed E-state index contributed by atoms with van der Waals surface area (Å²) in [6.45, 7) is 5.40. The molecule has 0 aliphatic carbocycles. The van der Waals surface area contributed by atoms with Crippen LogP contribution in [0.25, 0.3) is 0 Å². The van der Waals surface area contributed by atoms with Crippen molar-refractivity contribution < 1.29 is 26.3 Å². The summed E-state index contributed by atoms with van der Waals surface area (Å²) in [7, 11) is -3.03. The number of nitrogens with one attached hydrogen (secondary N) is 1. The molecule has 14 heteroatoms. The Morgan fingerprint density at radius 2 is 1.95 bits per heavy atom. The van der Waals surface area contributed by atoms with Crippen molar-refractivity contribution in [2.75, 3.05) is 56.2 Å². The van der Waals surface area contributed by atoms with Crippen LogP contribution >= 0.6 is 0 Å². The van der Waals surface area contributed by atoms with Crippen LogP contribution in [-0.4, -0.2) is 98.0 Å². The first-order valence-corrected chi connectivity index (χ1v) is 14.9. The number of alkyl halides is 3. The summed E-state index contributed by atoms with van der Waals surface area (Å²) in [5.74, 6) is 1.36. The molecular weight excluding hydrogens is 535 g/mol. The molecule has 3 N–H and O–H groups in total. The summed E-state index contributed by atoms with van der Waals surface area (Å²) in [6.07, 6.45) is -2.66. The van der Waals surface area contributed by atoms with Crippen molar-refractivity contribution in [2.45, 2.75) is 38.3 Å². The molecule has 5 aliphatic rings. The fourth-order valence-corrected chi connectivity index (χ4v) is 8.53. The number of rotatable bonds is 4. The monoisotopic (exact) mass is 567 g/mol. The first-order valence-electron chi connectivity index (χ1n) is 13.1. The van der Waals surface area contributed by atoms with Crippen LogP contribution in [0.15, 0.2) is 40.1 Å². The summed E-state index contributed by atoms with van der Waals surface area (Å²) in [5, 5.41) is 9.75. The third-order valence-electron chi connectivity index (χ3n) is 8.09. The molecule has 39 heavy (non-hydrogen) atoms. The van der Waals surface area contributed by atoms with Gasteiger partial charge >= 0.3 is 6.18 Å².